The summed E-state index contributed by atoms with van der Waals surface area (Å²) in [6.07, 6.45) is 13.4. The van der Waals surface area contributed by atoms with Gasteiger partial charge in [0.15, 0.2) is 0 Å². The second-order valence-corrected chi connectivity index (χ2v) is 9.65. The summed E-state index contributed by atoms with van der Waals surface area (Å²) < 4.78 is 0. The third-order valence-electron chi connectivity index (χ3n) is 3.22. The van der Waals surface area contributed by atoms with Crippen molar-refractivity contribution in [3.05, 3.63) is 46.6 Å². The van der Waals surface area contributed by atoms with Crippen molar-refractivity contribution in [2.24, 2.45) is 11.8 Å². The Morgan fingerprint density at radius 2 is 1.14 bits per heavy atom. The molecule has 0 fully saturated rings. The monoisotopic (exact) mass is 402 g/mol. The maximum absolute atomic E-state index is 4.93. The second-order valence-electron chi connectivity index (χ2n) is 5.92. The van der Waals surface area contributed by atoms with E-state index < -0.39 is 20.8 Å². The van der Waals surface area contributed by atoms with Crippen LogP contribution in [-0.4, -0.2) is 0 Å². The fraction of sp³-hybridized carbons (Fsp3) is 0.556. The molecule has 0 saturated carbocycles. The molecule has 0 atom stereocenters. The molecule has 2 aliphatic carbocycles. The van der Waals surface area contributed by atoms with Gasteiger partial charge in [-0.1, -0.05) is 66.2 Å². The molecule has 0 saturated heterocycles. The average molecular weight is 405 g/mol. The number of halogens is 2. The predicted octanol–water partition coefficient (Wildman–Crippen LogP) is 6.82. The van der Waals surface area contributed by atoms with E-state index in [1.807, 2.05) is 0 Å². The Labute approximate surface area is 150 Å². The molecule has 0 aromatic carbocycles. The van der Waals surface area contributed by atoms with Gasteiger partial charge in [-0.15, -0.1) is 0 Å². The van der Waals surface area contributed by atoms with Crippen molar-refractivity contribution < 1.29 is 20.8 Å². The van der Waals surface area contributed by atoms with Gasteiger partial charge in [0.05, 0.1) is 0 Å². The molecule has 0 aliphatic heterocycles. The summed E-state index contributed by atoms with van der Waals surface area (Å²) in [5, 5.41) is 0. The molecule has 0 aromatic rings. The van der Waals surface area contributed by atoms with Gasteiger partial charge in [0, 0.05) is 0 Å². The first kappa shape index (κ1) is 21.4. The number of rotatable bonds is 2. The summed E-state index contributed by atoms with van der Waals surface area (Å²) in [6.45, 7) is 13.1. The van der Waals surface area contributed by atoms with Crippen molar-refractivity contribution in [2.45, 2.75) is 54.4 Å². The molecule has 0 N–H and O–H groups in total. The fourth-order valence-electron chi connectivity index (χ4n) is 1.98. The van der Waals surface area contributed by atoms with Crippen molar-refractivity contribution in [1.82, 2.24) is 0 Å². The van der Waals surface area contributed by atoms with Crippen LogP contribution in [0.2, 0.25) is 0 Å². The van der Waals surface area contributed by atoms with Gasteiger partial charge in [0.1, 0.15) is 0 Å². The summed E-state index contributed by atoms with van der Waals surface area (Å²) in [7, 11) is 9.87. The maximum atomic E-state index is 4.93. The molecule has 0 amide bonds. The Morgan fingerprint density at radius 1 is 0.857 bits per heavy atom. The third kappa shape index (κ3) is 9.93. The summed E-state index contributed by atoms with van der Waals surface area (Å²) in [5.74, 6) is 1.31. The molecular weight excluding hydrogens is 378 g/mol. The summed E-state index contributed by atoms with van der Waals surface area (Å²) in [5.41, 5.74) is 5.51. The van der Waals surface area contributed by atoms with Crippen LogP contribution in [-0.2, 0) is 20.8 Å². The summed E-state index contributed by atoms with van der Waals surface area (Å²) in [4.78, 5) is 0. The molecule has 0 bridgehead atoms. The minimum absolute atomic E-state index is 0.655. The molecular formula is C18H26Cl2Zr. The first-order chi connectivity index (χ1) is 9.81. The van der Waals surface area contributed by atoms with Crippen LogP contribution in [0.15, 0.2) is 34.4 Å². The Kier molecular flexibility index (Phi) is 12.2. The molecule has 0 spiro atoms. The van der Waals surface area contributed by atoms with E-state index in [1.54, 1.807) is 0 Å². The van der Waals surface area contributed by atoms with Gasteiger partial charge in [-0.25, -0.2) is 35.5 Å². The van der Waals surface area contributed by atoms with Gasteiger partial charge >= 0.3 is 37.9 Å². The topological polar surface area (TPSA) is 0 Å². The van der Waals surface area contributed by atoms with E-state index in [4.69, 9.17) is 17.0 Å². The summed E-state index contributed by atoms with van der Waals surface area (Å²) >= 11 is -0.826. The van der Waals surface area contributed by atoms with E-state index in [-0.39, 0.29) is 0 Å². The molecule has 0 radical (unpaired) electrons. The number of hydrogen-bond acceptors (Lipinski definition) is 0. The normalized spacial score (nSPS) is 16.1. The van der Waals surface area contributed by atoms with Crippen LogP contribution in [0.25, 0.3) is 0 Å². The van der Waals surface area contributed by atoms with Crippen molar-refractivity contribution in [3.8, 4) is 0 Å². The van der Waals surface area contributed by atoms with E-state index >= 15 is 0 Å². The zero-order valence-corrected chi connectivity index (χ0v) is 17.9. The Hall–Kier alpha value is 0.423. The SMILES string of the molecule is CC1=[C-]C(C(C)C)=CC1.CC1=[C-]C(C(C)C)=CC1.[Cl][Zr+2][Cl]. The van der Waals surface area contributed by atoms with Gasteiger partial charge in [-0.05, 0) is 0 Å². The molecule has 21 heavy (non-hydrogen) atoms. The van der Waals surface area contributed by atoms with E-state index in [1.165, 1.54) is 22.3 Å². The molecule has 0 heterocycles. The van der Waals surface area contributed by atoms with Crippen LogP contribution < -0.4 is 0 Å². The van der Waals surface area contributed by atoms with Crippen molar-refractivity contribution in [1.29, 1.82) is 0 Å². The van der Waals surface area contributed by atoms with Gasteiger partial charge in [0.25, 0.3) is 0 Å². The molecule has 116 valence electrons. The van der Waals surface area contributed by atoms with Gasteiger partial charge in [-0.3, -0.25) is 0 Å². The zero-order valence-electron chi connectivity index (χ0n) is 14.0. The van der Waals surface area contributed by atoms with Crippen LogP contribution >= 0.6 is 17.0 Å². The van der Waals surface area contributed by atoms with Crippen molar-refractivity contribution in [3.63, 3.8) is 0 Å². The zero-order chi connectivity index (χ0) is 16.4. The molecule has 0 nitrogen and oxygen atoms in total. The Balaban J connectivity index is 0.000000322. The fourth-order valence-corrected chi connectivity index (χ4v) is 1.98. The average Bonchev–Trinajstić information content (AvgIpc) is 3.00. The molecule has 2 aliphatic rings. The molecule has 0 unspecified atom stereocenters. The van der Waals surface area contributed by atoms with Gasteiger partial charge in [-0.2, -0.15) is 11.1 Å². The first-order valence-corrected chi connectivity index (χ1v) is 13.7. The standard InChI is InChI=1S/2C9H13.2ClH.Zr/c2*1-7(2)9-5-4-8(3)6-9;;;/h2*5,7H,4H2,1-3H3;2*1H;/q2*-1;;;+4/p-2. The number of hydrogen-bond donors (Lipinski definition) is 0. The molecule has 0 aromatic heterocycles. The van der Waals surface area contributed by atoms with Crippen molar-refractivity contribution >= 4 is 17.0 Å². The third-order valence-corrected chi connectivity index (χ3v) is 3.22. The van der Waals surface area contributed by atoms with E-state index in [9.17, 15) is 0 Å². The molecule has 2 rings (SSSR count). The van der Waals surface area contributed by atoms with Gasteiger partial charge < -0.3 is 0 Å². The predicted molar refractivity (Wildman–Crippen MR) is 91.6 cm³/mol. The quantitative estimate of drug-likeness (QED) is 0.443. The van der Waals surface area contributed by atoms with Crippen LogP contribution in [0, 0.1) is 24.0 Å². The van der Waals surface area contributed by atoms with Crippen LogP contribution in [0.5, 0.6) is 0 Å². The Bertz CT molecular complexity index is 386. The summed E-state index contributed by atoms with van der Waals surface area (Å²) in [6, 6.07) is 0. The van der Waals surface area contributed by atoms with Crippen molar-refractivity contribution in [2.75, 3.05) is 0 Å². The molecule has 3 heteroatoms. The minimum atomic E-state index is -0.826. The van der Waals surface area contributed by atoms with E-state index in [0.717, 1.165) is 12.8 Å². The Morgan fingerprint density at radius 3 is 1.24 bits per heavy atom. The van der Waals surface area contributed by atoms with E-state index in [0.29, 0.717) is 11.8 Å². The van der Waals surface area contributed by atoms with Crippen LogP contribution in [0.1, 0.15) is 54.4 Å². The van der Waals surface area contributed by atoms with Gasteiger partial charge in [0.2, 0.25) is 0 Å². The number of allylic oxidation sites excluding steroid dienone is 8. The first-order valence-electron chi connectivity index (χ1n) is 7.37. The second kappa shape index (κ2) is 11.9. The van der Waals surface area contributed by atoms with Crippen LogP contribution in [0.3, 0.4) is 0 Å². The van der Waals surface area contributed by atoms with E-state index in [2.05, 4.69) is 65.8 Å². The van der Waals surface area contributed by atoms with Crippen LogP contribution in [0.4, 0.5) is 0 Å².